The number of aromatic nitrogens is 2. The number of nitrogens with zero attached hydrogens (tertiary/aromatic N) is 1. The molecule has 2 aliphatic rings. The minimum absolute atomic E-state index is 0.0402. The first-order chi connectivity index (χ1) is 8.48. The van der Waals surface area contributed by atoms with Crippen molar-refractivity contribution in [3.8, 4) is 0 Å². The number of aliphatic hydroxyl groups is 1. The highest BCUT2D eigenvalue weighted by atomic mass is 16.3. The molecule has 96 valence electrons. The van der Waals surface area contributed by atoms with Crippen molar-refractivity contribution in [3.05, 3.63) is 32.6 Å². The van der Waals surface area contributed by atoms with Crippen LogP contribution in [0.2, 0.25) is 0 Å². The molecule has 3 rings (SSSR count). The van der Waals surface area contributed by atoms with Crippen LogP contribution in [0.4, 0.5) is 0 Å². The average Bonchev–Trinajstić information content (AvgIpc) is 3.06. The van der Waals surface area contributed by atoms with E-state index in [1.54, 1.807) is 0 Å². The summed E-state index contributed by atoms with van der Waals surface area (Å²) in [5.41, 5.74) is -2.12. The summed E-state index contributed by atoms with van der Waals surface area (Å²) in [4.78, 5) is 39.8. The normalized spacial score (nSPS) is 21.5. The van der Waals surface area contributed by atoms with Crippen molar-refractivity contribution in [2.75, 3.05) is 13.1 Å². The van der Waals surface area contributed by atoms with Crippen molar-refractivity contribution in [1.29, 1.82) is 0 Å². The van der Waals surface area contributed by atoms with Gasteiger partial charge in [-0.25, -0.2) is 4.79 Å². The maximum absolute atomic E-state index is 12.0. The summed E-state index contributed by atoms with van der Waals surface area (Å²) in [5, 5.41) is 10.1. The van der Waals surface area contributed by atoms with Crippen LogP contribution in [0.25, 0.3) is 0 Å². The summed E-state index contributed by atoms with van der Waals surface area (Å²) >= 11 is 0. The standard InChI is InChI=1S/C11H13N3O4/c15-8-3-7(12-10(17)13-8)9(16)14-4-11(18,5-14)6-1-2-6/h3,6,18H,1-2,4-5H2,(H2,12,13,15,17). The number of carbonyl (C=O) groups excluding carboxylic acids is 1. The molecule has 0 unspecified atom stereocenters. The minimum Gasteiger partial charge on any atom is -0.386 e. The third-order valence-corrected chi connectivity index (χ3v) is 3.54. The van der Waals surface area contributed by atoms with E-state index in [1.165, 1.54) is 4.90 Å². The molecule has 18 heavy (non-hydrogen) atoms. The molecule has 0 bridgehead atoms. The number of hydrogen-bond donors (Lipinski definition) is 3. The van der Waals surface area contributed by atoms with Gasteiger partial charge in [0.05, 0.1) is 13.1 Å². The largest absolute Gasteiger partial charge is 0.386 e. The van der Waals surface area contributed by atoms with Crippen molar-refractivity contribution in [1.82, 2.24) is 14.9 Å². The number of β-amino-alcohol motifs (C(OH)–C–C–N with tert-alkyl or cyclic N) is 1. The molecule has 3 N–H and O–H groups in total. The summed E-state index contributed by atoms with van der Waals surface area (Å²) in [5.74, 6) is -0.136. The van der Waals surface area contributed by atoms with Crippen LogP contribution in [-0.4, -0.2) is 44.6 Å². The molecule has 0 aromatic carbocycles. The Morgan fingerprint density at radius 2 is 2.00 bits per heavy atom. The Bertz CT molecular complexity index is 579. The van der Waals surface area contributed by atoms with Gasteiger partial charge in [-0.3, -0.25) is 14.6 Å². The van der Waals surface area contributed by atoms with Gasteiger partial charge in [0.25, 0.3) is 11.5 Å². The van der Waals surface area contributed by atoms with Gasteiger partial charge in [-0.2, -0.15) is 0 Å². The third-order valence-electron chi connectivity index (χ3n) is 3.54. The molecule has 0 spiro atoms. The number of hydrogen-bond acceptors (Lipinski definition) is 4. The van der Waals surface area contributed by atoms with Crippen molar-refractivity contribution >= 4 is 5.91 Å². The smallest absolute Gasteiger partial charge is 0.326 e. The summed E-state index contributed by atoms with van der Waals surface area (Å²) < 4.78 is 0. The molecule has 1 aliphatic carbocycles. The fraction of sp³-hybridized carbons (Fsp3) is 0.545. The number of rotatable bonds is 2. The molecule has 2 heterocycles. The van der Waals surface area contributed by atoms with E-state index in [4.69, 9.17) is 0 Å². The fourth-order valence-corrected chi connectivity index (χ4v) is 2.39. The number of carbonyl (C=O) groups is 1. The predicted octanol–water partition coefficient (Wildman–Crippen LogP) is -1.34. The van der Waals surface area contributed by atoms with Gasteiger partial charge >= 0.3 is 5.69 Å². The zero-order valence-corrected chi connectivity index (χ0v) is 9.60. The van der Waals surface area contributed by atoms with Crippen LogP contribution in [0.15, 0.2) is 15.7 Å². The molecule has 7 heteroatoms. The van der Waals surface area contributed by atoms with Crippen molar-refractivity contribution in [3.63, 3.8) is 0 Å². The summed E-state index contributed by atoms with van der Waals surface area (Å²) in [6.45, 7) is 0.538. The zero-order valence-electron chi connectivity index (χ0n) is 9.60. The highest BCUT2D eigenvalue weighted by Gasteiger charge is 2.53. The van der Waals surface area contributed by atoms with Gasteiger partial charge in [-0.1, -0.05) is 0 Å². The van der Waals surface area contributed by atoms with Crippen LogP contribution in [0.3, 0.4) is 0 Å². The minimum atomic E-state index is -0.767. The molecule has 1 saturated carbocycles. The van der Waals surface area contributed by atoms with Crippen molar-refractivity contribution < 1.29 is 9.90 Å². The van der Waals surface area contributed by atoms with Crippen molar-refractivity contribution in [2.24, 2.45) is 5.92 Å². The average molecular weight is 251 g/mol. The van der Waals surface area contributed by atoms with E-state index >= 15 is 0 Å². The Morgan fingerprint density at radius 3 is 2.56 bits per heavy atom. The Kier molecular flexibility index (Phi) is 2.21. The number of nitrogens with one attached hydrogen (secondary N) is 2. The molecule has 0 radical (unpaired) electrons. The fourth-order valence-electron chi connectivity index (χ4n) is 2.39. The lowest BCUT2D eigenvalue weighted by molar-refractivity contribution is -0.0959. The Morgan fingerprint density at radius 1 is 1.33 bits per heavy atom. The first-order valence-electron chi connectivity index (χ1n) is 5.83. The second-order valence-electron chi connectivity index (χ2n) is 5.04. The van der Waals surface area contributed by atoms with Crippen LogP contribution in [0.5, 0.6) is 0 Å². The second kappa shape index (κ2) is 3.55. The van der Waals surface area contributed by atoms with E-state index in [-0.39, 0.29) is 18.8 Å². The second-order valence-corrected chi connectivity index (χ2v) is 5.04. The molecular formula is C11H13N3O4. The first kappa shape index (κ1) is 11.2. The summed E-state index contributed by atoms with van der Waals surface area (Å²) in [7, 11) is 0. The van der Waals surface area contributed by atoms with Gasteiger partial charge in [0.1, 0.15) is 11.3 Å². The summed E-state index contributed by atoms with van der Waals surface area (Å²) in [6, 6.07) is 1.05. The van der Waals surface area contributed by atoms with Crippen LogP contribution >= 0.6 is 0 Å². The van der Waals surface area contributed by atoms with Gasteiger partial charge in [-0.15, -0.1) is 0 Å². The first-order valence-corrected chi connectivity index (χ1v) is 5.83. The Labute approximate surface area is 101 Å². The van der Waals surface area contributed by atoms with Gasteiger partial charge in [0.15, 0.2) is 0 Å². The lowest BCUT2D eigenvalue weighted by Gasteiger charge is -2.46. The highest BCUT2D eigenvalue weighted by molar-refractivity contribution is 5.92. The predicted molar refractivity (Wildman–Crippen MR) is 61.3 cm³/mol. The molecule has 2 fully saturated rings. The van der Waals surface area contributed by atoms with Crippen LogP contribution in [-0.2, 0) is 0 Å². The van der Waals surface area contributed by atoms with Crippen LogP contribution in [0, 0.1) is 5.92 Å². The van der Waals surface area contributed by atoms with E-state index in [0.717, 1.165) is 18.9 Å². The van der Waals surface area contributed by atoms with Gasteiger partial charge in [0.2, 0.25) is 0 Å². The Hall–Kier alpha value is -1.89. The van der Waals surface area contributed by atoms with Crippen molar-refractivity contribution in [2.45, 2.75) is 18.4 Å². The van der Waals surface area contributed by atoms with E-state index in [0.29, 0.717) is 5.92 Å². The van der Waals surface area contributed by atoms with Crippen LogP contribution in [0.1, 0.15) is 23.3 Å². The number of likely N-dealkylation sites (tertiary alicyclic amines) is 1. The Balaban J connectivity index is 1.76. The van der Waals surface area contributed by atoms with Gasteiger partial charge in [-0.05, 0) is 18.8 Å². The summed E-state index contributed by atoms with van der Waals surface area (Å²) in [6.07, 6.45) is 2.00. The number of amides is 1. The van der Waals surface area contributed by atoms with Crippen LogP contribution < -0.4 is 11.2 Å². The van der Waals surface area contributed by atoms with E-state index < -0.39 is 22.8 Å². The monoisotopic (exact) mass is 251 g/mol. The molecule has 1 aromatic rings. The molecule has 0 atom stereocenters. The SMILES string of the molecule is O=C(c1cc(=O)[nH]c(=O)[nH]1)N1CC(O)(C2CC2)C1. The molecule has 1 aromatic heterocycles. The zero-order chi connectivity index (χ0) is 12.9. The van der Waals surface area contributed by atoms with Gasteiger partial charge < -0.3 is 15.0 Å². The lowest BCUT2D eigenvalue weighted by atomic mass is 9.88. The number of H-pyrrole nitrogens is 2. The third kappa shape index (κ3) is 1.76. The number of aromatic amines is 2. The maximum atomic E-state index is 12.0. The quantitative estimate of drug-likeness (QED) is 0.604. The molecule has 1 amide bonds. The maximum Gasteiger partial charge on any atom is 0.326 e. The highest BCUT2D eigenvalue weighted by Crippen LogP contribution is 2.44. The van der Waals surface area contributed by atoms with E-state index in [2.05, 4.69) is 4.98 Å². The van der Waals surface area contributed by atoms with E-state index in [1.807, 2.05) is 4.98 Å². The molecule has 1 aliphatic heterocycles. The van der Waals surface area contributed by atoms with E-state index in [9.17, 15) is 19.5 Å². The lowest BCUT2D eigenvalue weighted by Crippen LogP contribution is -2.64. The topological polar surface area (TPSA) is 106 Å². The van der Waals surface area contributed by atoms with Gasteiger partial charge in [0, 0.05) is 6.07 Å². The molecule has 7 nitrogen and oxygen atoms in total. The molecule has 1 saturated heterocycles. The molecular weight excluding hydrogens is 238 g/mol.